The number of benzene rings is 1. The molecule has 0 spiro atoms. The lowest BCUT2D eigenvalue weighted by molar-refractivity contribution is 0.103. The van der Waals surface area contributed by atoms with Crippen LogP contribution in [-0.2, 0) is 0 Å². The summed E-state index contributed by atoms with van der Waals surface area (Å²) in [6.45, 7) is 0. The lowest BCUT2D eigenvalue weighted by Gasteiger charge is -2.06. The molecule has 8 heteroatoms. The highest BCUT2D eigenvalue weighted by Gasteiger charge is 2.16. The van der Waals surface area contributed by atoms with Crippen LogP contribution in [-0.4, -0.2) is 17.9 Å². The van der Waals surface area contributed by atoms with E-state index in [0.29, 0.717) is 20.7 Å². The van der Waals surface area contributed by atoms with E-state index in [-0.39, 0.29) is 11.7 Å². The second-order valence-electron chi connectivity index (χ2n) is 3.56. The number of amides is 1. The largest absolute Gasteiger partial charge is 0.382 e. The van der Waals surface area contributed by atoms with E-state index in [1.54, 1.807) is 19.2 Å². The third kappa shape index (κ3) is 3.28. The van der Waals surface area contributed by atoms with Crippen molar-refractivity contribution in [3.63, 3.8) is 0 Å². The molecule has 100 valence electrons. The van der Waals surface area contributed by atoms with Crippen molar-refractivity contribution in [2.45, 2.75) is 0 Å². The Bertz CT molecular complexity index is 631. The molecule has 4 N–H and O–H groups in total. The number of nitrogen functional groups attached to an aromatic ring is 1. The van der Waals surface area contributed by atoms with Crippen LogP contribution in [0.2, 0.25) is 5.02 Å². The number of nitrogens with one attached hydrogen (secondary N) is 2. The predicted octanol–water partition coefficient (Wildman–Crippen LogP) is 3.28. The van der Waals surface area contributed by atoms with Gasteiger partial charge in [0.1, 0.15) is 10.7 Å². The van der Waals surface area contributed by atoms with Gasteiger partial charge in [0.25, 0.3) is 5.91 Å². The van der Waals surface area contributed by atoms with Gasteiger partial charge in [-0.25, -0.2) is 4.98 Å². The standard InChI is InChI=1S/C11H10ClIN4OS/c1-15-11-17-9(14)8(19-11)10(18)16-7-3-2-5(13)4-6(7)12/h2-4H,14H2,1H3,(H,15,17)(H,16,18). The molecule has 0 atom stereocenters. The van der Waals surface area contributed by atoms with Gasteiger partial charge in [0.15, 0.2) is 5.13 Å². The topological polar surface area (TPSA) is 80.0 Å². The normalized spacial score (nSPS) is 10.3. The number of thiazole rings is 1. The molecule has 0 saturated heterocycles. The zero-order valence-electron chi connectivity index (χ0n) is 9.83. The van der Waals surface area contributed by atoms with Crippen LogP contribution in [0.15, 0.2) is 18.2 Å². The molecule has 19 heavy (non-hydrogen) atoms. The van der Waals surface area contributed by atoms with Crippen LogP contribution < -0.4 is 16.4 Å². The molecule has 1 heterocycles. The highest BCUT2D eigenvalue weighted by atomic mass is 127. The van der Waals surface area contributed by atoms with Crippen molar-refractivity contribution in [1.29, 1.82) is 0 Å². The maximum atomic E-state index is 12.1. The molecule has 0 aliphatic rings. The summed E-state index contributed by atoms with van der Waals surface area (Å²) in [6.07, 6.45) is 0. The van der Waals surface area contributed by atoms with Crippen molar-refractivity contribution in [2.24, 2.45) is 0 Å². The van der Waals surface area contributed by atoms with Gasteiger partial charge >= 0.3 is 0 Å². The zero-order valence-corrected chi connectivity index (χ0v) is 13.6. The van der Waals surface area contributed by atoms with Gasteiger partial charge in [-0.1, -0.05) is 22.9 Å². The third-order valence-electron chi connectivity index (χ3n) is 2.25. The first-order valence-corrected chi connectivity index (χ1v) is 7.49. The number of carbonyl (C=O) groups excluding carboxylic acids is 1. The number of nitrogens with zero attached hydrogens (tertiary/aromatic N) is 1. The SMILES string of the molecule is CNc1nc(N)c(C(=O)Nc2ccc(I)cc2Cl)s1. The lowest BCUT2D eigenvalue weighted by atomic mass is 10.3. The molecule has 5 nitrogen and oxygen atoms in total. The van der Waals surface area contributed by atoms with Gasteiger partial charge < -0.3 is 16.4 Å². The summed E-state index contributed by atoms with van der Waals surface area (Å²) in [5.74, 6) is -0.118. The summed E-state index contributed by atoms with van der Waals surface area (Å²) in [6, 6.07) is 5.38. The minimum atomic E-state index is -0.320. The van der Waals surface area contributed by atoms with E-state index in [2.05, 4.69) is 38.2 Å². The third-order valence-corrected chi connectivity index (χ3v) is 4.32. The molecular weight excluding hydrogens is 399 g/mol. The van der Waals surface area contributed by atoms with Gasteiger partial charge in [-0.2, -0.15) is 0 Å². The Morgan fingerprint density at radius 1 is 1.53 bits per heavy atom. The van der Waals surface area contributed by atoms with E-state index in [1.807, 2.05) is 6.07 Å². The average molecular weight is 409 g/mol. The van der Waals surface area contributed by atoms with E-state index in [9.17, 15) is 4.79 Å². The summed E-state index contributed by atoms with van der Waals surface area (Å²) >= 11 is 9.40. The second-order valence-corrected chi connectivity index (χ2v) is 6.21. The van der Waals surface area contributed by atoms with Crippen LogP contribution in [0.1, 0.15) is 9.67 Å². The molecule has 0 radical (unpaired) electrons. The minimum Gasteiger partial charge on any atom is -0.382 e. The van der Waals surface area contributed by atoms with Crippen LogP contribution in [0.3, 0.4) is 0 Å². The predicted molar refractivity (Wildman–Crippen MR) is 88.2 cm³/mol. The van der Waals surface area contributed by atoms with Crippen LogP contribution in [0, 0.1) is 3.57 Å². The Morgan fingerprint density at radius 3 is 2.84 bits per heavy atom. The van der Waals surface area contributed by atoms with E-state index in [1.165, 1.54) is 11.3 Å². The molecule has 1 aromatic carbocycles. The number of aromatic nitrogens is 1. The Balaban J connectivity index is 2.23. The highest BCUT2D eigenvalue weighted by molar-refractivity contribution is 14.1. The van der Waals surface area contributed by atoms with Crippen molar-refractivity contribution in [1.82, 2.24) is 4.98 Å². The summed E-state index contributed by atoms with van der Waals surface area (Å²) in [4.78, 5) is 16.5. The molecule has 1 aromatic heterocycles. The number of halogens is 2. The zero-order chi connectivity index (χ0) is 14.0. The van der Waals surface area contributed by atoms with Gasteiger partial charge in [0.05, 0.1) is 10.7 Å². The van der Waals surface area contributed by atoms with Gasteiger partial charge in [-0.05, 0) is 40.8 Å². The monoisotopic (exact) mass is 408 g/mol. The fourth-order valence-electron chi connectivity index (χ4n) is 1.37. The van der Waals surface area contributed by atoms with E-state index in [0.717, 1.165) is 3.57 Å². The Morgan fingerprint density at radius 2 is 2.26 bits per heavy atom. The highest BCUT2D eigenvalue weighted by Crippen LogP contribution is 2.28. The fraction of sp³-hybridized carbons (Fsp3) is 0.0909. The van der Waals surface area contributed by atoms with Crippen LogP contribution in [0.5, 0.6) is 0 Å². The average Bonchev–Trinajstić information content (AvgIpc) is 2.74. The number of hydrogen-bond donors (Lipinski definition) is 3. The second kappa shape index (κ2) is 5.93. The molecule has 0 aliphatic carbocycles. The van der Waals surface area contributed by atoms with Gasteiger partial charge in [-0.3, -0.25) is 4.79 Å². The number of hydrogen-bond acceptors (Lipinski definition) is 5. The van der Waals surface area contributed by atoms with Gasteiger partial charge in [0.2, 0.25) is 0 Å². The molecule has 2 aromatic rings. The first-order chi connectivity index (χ1) is 9.01. The van der Waals surface area contributed by atoms with Gasteiger partial charge in [0, 0.05) is 10.6 Å². The van der Waals surface area contributed by atoms with Crippen LogP contribution in [0.25, 0.3) is 0 Å². The van der Waals surface area contributed by atoms with Crippen LogP contribution >= 0.6 is 45.5 Å². The first kappa shape index (κ1) is 14.4. The first-order valence-electron chi connectivity index (χ1n) is 5.21. The fourth-order valence-corrected chi connectivity index (χ4v) is 3.01. The maximum absolute atomic E-state index is 12.1. The molecule has 0 saturated carbocycles. The number of carbonyl (C=O) groups is 1. The van der Waals surface area contributed by atoms with Crippen molar-refractivity contribution < 1.29 is 4.79 Å². The molecule has 2 rings (SSSR count). The van der Waals surface area contributed by atoms with Crippen molar-refractivity contribution >= 4 is 68.1 Å². The van der Waals surface area contributed by atoms with Gasteiger partial charge in [-0.15, -0.1) is 0 Å². The number of rotatable bonds is 3. The van der Waals surface area contributed by atoms with E-state index < -0.39 is 0 Å². The summed E-state index contributed by atoms with van der Waals surface area (Å²) in [7, 11) is 1.72. The van der Waals surface area contributed by atoms with Crippen molar-refractivity contribution in [3.05, 3.63) is 31.7 Å². The molecule has 0 fully saturated rings. The quantitative estimate of drug-likeness (QED) is 0.681. The van der Waals surface area contributed by atoms with Crippen molar-refractivity contribution in [2.75, 3.05) is 23.4 Å². The Labute approximate surface area is 132 Å². The molecular formula is C11H10ClIN4OS. The van der Waals surface area contributed by atoms with E-state index >= 15 is 0 Å². The molecule has 0 unspecified atom stereocenters. The minimum absolute atomic E-state index is 0.202. The molecule has 1 amide bonds. The molecule has 0 aliphatic heterocycles. The summed E-state index contributed by atoms with van der Waals surface area (Å²) < 4.78 is 0.996. The molecule has 0 bridgehead atoms. The number of anilines is 3. The Kier molecular flexibility index (Phi) is 4.48. The van der Waals surface area contributed by atoms with E-state index in [4.69, 9.17) is 17.3 Å². The van der Waals surface area contributed by atoms with Crippen LogP contribution in [0.4, 0.5) is 16.6 Å². The Hall–Kier alpha value is -1.06. The van der Waals surface area contributed by atoms with Crippen molar-refractivity contribution in [3.8, 4) is 0 Å². The summed E-state index contributed by atoms with van der Waals surface area (Å²) in [5.41, 5.74) is 6.25. The lowest BCUT2D eigenvalue weighted by Crippen LogP contribution is -2.12. The smallest absolute Gasteiger partial charge is 0.269 e. The maximum Gasteiger partial charge on any atom is 0.269 e. The summed E-state index contributed by atoms with van der Waals surface area (Å²) in [5, 5.41) is 6.64. The number of nitrogens with two attached hydrogens (primary N) is 1.